The molecule has 7 nitrogen and oxygen atoms in total. The van der Waals surface area contributed by atoms with Gasteiger partial charge in [0.15, 0.2) is 17.5 Å². The quantitative estimate of drug-likeness (QED) is 0.179. The Kier molecular flexibility index (Phi) is 5.98. The molecule has 53 heavy (non-hydrogen) atoms. The van der Waals surface area contributed by atoms with Crippen LogP contribution < -0.4 is 19.6 Å². The molecule has 0 bridgehead atoms. The molecule has 0 amide bonds. The number of aromatic nitrogens is 3. The van der Waals surface area contributed by atoms with Crippen molar-refractivity contribution in [3.8, 4) is 0 Å². The molecular weight excluding hydrogens is 651 g/mol. The maximum Gasteiger partial charge on any atom is 0.178 e. The van der Waals surface area contributed by atoms with E-state index in [2.05, 4.69) is 176 Å². The molecule has 1 fully saturated rings. The summed E-state index contributed by atoms with van der Waals surface area (Å²) in [4.78, 5) is 25.7. The molecule has 0 spiro atoms. The Morgan fingerprint density at radius 2 is 1.25 bits per heavy atom. The summed E-state index contributed by atoms with van der Waals surface area (Å²) >= 11 is 0. The Morgan fingerprint density at radius 3 is 1.98 bits per heavy atom. The van der Waals surface area contributed by atoms with Crippen LogP contribution >= 0.6 is 0 Å². The van der Waals surface area contributed by atoms with Crippen molar-refractivity contribution >= 4 is 51.5 Å². The summed E-state index contributed by atoms with van der Waals surface area (Å²) in [5.41, 5.74) is 11.7. The van der Waals surface area contributed by atoms with E-state index in [0.29, 0.717) is 0 Å². The Labute approximate surface area is 310 Å². The van der Waals surface area contributed by atoms with Crippen molar-refractivity contribution in [1.29, 1.82) is 0 Å². The maximum absolute atomic E-state index is 5.46. The number of anilines is 8. The number of pyridine rings is 1. The lowest BCUT2D eigenvalue weighted by atomic mass is 9.81. The summed E-state index contributed by atoms with van der Waals surface area (Å²) < 4.78 is 0. The minimum atomic E-state index is -0.284. The zero-order valence-electron chi connectivity index (χ0n) is 30.7. The second-order valence-electron chi connectivity index (χ2n) is 16.4. The zero-order chi connectivity index (χ0) is 35.9. The Balaban J connectivity index is 1.17. The molecule has 4 atom stereocenters. The van der Waals surface area contributed by atoms with Crippen LogP contribution in [-0.4, -0.2) is 27.3 Å². The van der Waals surface area contributed by atoms with Crippen LogP contribution in [0.25, 0.3) is 5.57 Å². The molecule has 1 aliphatic carbocycles. The molecule has 0 saturated heterocycles. The third-order valence-corrected chi connectivity index (χ3v) is 12.8. The van der Waals surface area contributed by atoms with Crippen molar-refractivity contribution in [3.05, 3.63) is 156 Å². The van der Waals surface area contributed by atoms with Gasteiger partial charge in [-0.15, -0.1) is 0 Å². The average molecular weight is 692 g/mol. The SMILES string of the molecule is CC(C)(C)c1cnc2c(n1)N(c1ccccc1)C1N2c2ccccc2C2(C)/C(=C3\CC4N(c5ccccc5)c5cccnc5N4c4ccccc43)C12C. The molecule has 4 aliphatic heterocycles. The van der Waals surface area contributed by atoms with Gasteiger partial charge in [-0.1, -0.05) is 107 Å². The molecule has 0 N–H and O–H groups in total. The fourth-order valence-corrected chi connectivity index (χ4v) is 10.3. The van der Waals surface area contributed by atoms with Crippen LogP contribution in [0, 0.1) is 5.41 Å². The molecule has 11 rings (SSSR count). The highest BCUT2D eigenvalue weighted by Crippen LogP contribution is 2.80. The number of nitrogens with zero attached hydrogens (tertiary/aromatic N) is 7. The van der Waals surface area contributed by atoms with Gasteiger partial charge in [-0.25, -0.2) is 15.0 Å². The van der Waals surface area contributed by atoms with E-state index in [4.69, 9.17) is 15.0 Å². The minimum absolute atomic E-state index is 0.0320. The van der Waals surface area contributed by atoms with Crippen molar-refractivity contribution in [2.45, 2.75) is 64.2 Å². The summed E-state index contributed by atoms with van der Waals surface area (Å²) in [6.45, 7) is 11.7. The van der Waals surface area contributed by atoms with Gasteiger partial charge in [0.2, 0.25) is 0 Å². The molecule has 0 radical (unpaired) electrons. The first-order chi connectivity index (χ1) is 25.7. The second-order valence-corrected chi connectivity index (χ2v) is 16.4. The van der Waals surface area contributed by atoms with Crippen molar-refractivity contribution in [2.75, 3.05) is 19.6 Å². The largest absolute Gasteiger partial charge is 0.317 e. The smallest absolute Gasteiger partial charge is 0.178 e. The van der Waals surface area contributed by atoms with Gasteiger partial charge in [-0.2, -0.15) is 0 Å². The molecule has 4 aromatic carbocycles. The molecule has 6 heterocycles. The van der Waals surface area contributed by atoms with Crippen LogP contribution in [0.5, 0.6) is 0 Å². The fraction of sp³-hybridized carbons (Fsp3) is 0.239. The number of hydrogen-bond acceptors (Lipinski definition) is 7. The molecular formula is C46H41N7. The van der Waals surface area contributed by atoms with Gasteiger partial charge in [0.25, 0.3) is 0 Å². The zero-order valence-corrected chi connectivity index (χ0v) is 30.7. The van der Waals surface area contributed by atoms with Crippen LogP contribution in [0.3, 0.4) is 0 Å². The number of fused-ring (bicyclic) bond motifs is 13. The van der Waals surface area contributed by atoms with E-state index in [9.17, 15) is 0 Å². The summed E-state index contributed by atoms with van der Waals surface area (Å²) in [6.07, 6.45) is 4.72. The predicted molar refractivity (Wildman–Crippen MR) is 214 cm³/mol. The summed E-state index contributed by atoms with van der Waals surface area (Å²) in [5, 5.41) is 0. The molecule has 5 aliphatic rings. The van der Waals surface area contributed by atoms with E-state index in [0.717, 1.165) is 40.9 Å². The molecule has 1 saturated carbocycles. The Bertz CT molecular complexity index is 2510. The summed E-state index contributed by atoms with van der Waals surface area (Å²) in [6, 6.07) is 43.9. The number of hydrogen-bond donors (Lipinski definition) is 0. The molecule has 4 unspecified atom stereocenters. The van der Waals surface area contributed by atoms with Crippen molar-refractivity contribution in [1.82, 2.24) is 15.0 Å². The standard InChI is InChI=1S/C46H41N7/c1-44(2,3)37-28-48-41-42(49-37)51(30-19-10-7-11-20-30)43-46(5)39(45(46,4)33-22-13-15-24-35(33)53(41)43)32-27-38-50(29-17-8-6-9-18-29)36-25-16-26-47-40(36)52(38)34-23-14-12-21-31(32)34/h6-26,28,38,43H,27H2,1-5H3/b39-32-. The van der Waals surface area contributed by atoms with E-state index >= 15 is 0 Å². The average Bonchev–Trinajstić information content (AvgIpc) is 3.41. The van der Waals surface area contributed by atoms with Crippen LogP contribution in [-0.2, 0) is 10.8 Å². The monoisotopic (exact) mass is 691 g/mol. The maximum atomic E-state index is 5.46. The number of para-hydroxylation sites is 4. The van der Waals surface area contributed by atoms with Gasteiger partial charge in [0.05, 0.1) is 23.3 Å². The van der Waals surface area contributed by atoms with Gasteiger partial charge in [-0.3, -0.25) is 0 Å². The van der Waals surface area contributed by atoms with Crippen molar-refractivity contribution in [2.24, 2.45) is 5.41 Å². The van der Waals surface area contributed by atoms with Gasteiger partial charge < -0.3 is 19.6 Å². The predicted octanol–water partition coefficient (Wildman–Crippen LogP) is 10.5. The Morgan fingerprint density at radius 1 is 0.604 bits per heavy atom. The minimum Gasteiger partial charge on any atom is -0.317 e. The molecule has 6 aromatic rings. The van der Waals surface area contributed by atoms with E-state index in [1.165, 1.54) is 39.3 Å². The number of rotatable bonds is 2. The lowest BCUT2D eigenvalue weighted by Gasteiger charge is -2.43. The van der Waals surface area contributed by atoms with Crippen LogP contribution in [0.15, 0.2) is 139 Å². The van der Waals surface area contributed by atoms with Crippen LogP contribution in [0.2, 0.25) is 0 Å². The first kappa shape index (κ1) is 30.7. The highest BCUT2D eigenvalue weighted by Gasteiger charge is 2.78. The first-order valence-electron chi connectivity index (χ1n) is 18.8. The van der Waals surface area contributed by atoms with E-state index < -0.39 is 0 Å². The van der Waals surface area contributed by atoms with Gasteiger partial charge in [0, 0.05) is 51.5 Å². The van der Waals surface area contributed by atoms with Crippen LogP contribution in [0.1, 0.15) is 57.9 Å². The second kappa shape index (κ2) is 10.3. The molecule has 260 valence electrons. The molecule has 7 heteroatoms. The third-order valence-electron chi connectivity index (χ3n) is 12.8. The lowest BCUT2D eigenvalue weighted by Crippen LogP contribution is -2.50. The Hall–Kier alpha value is -5.95. The fourth-order valence-electron chi connectivity index (χ4n) is 10.3. The normalized spacial score (nSPS) is 25.9. The summed E-state index contributed by atoms with van der Waals surface area (Å²) in [7, 11) is 0. The number of benzene rings is 4. The topological polar surface area (TPSA) is 51.6 Å². The first-order valence-corrected chi connectivity index (χ1v) is 18.8. The van der Waals surface area contributed by atoms with Gasteiger partial charge in [0.1, 0.15) is 12.3 Å². The van der Waals surface area contributed by atoms with Crippen LogP contribution in [0.4, 0.5) is 45.9 Å². The van der Waals surface area contributed by atoms with E-state index in [-0.39, 0.29) is 28.6 Å². The highest BCUT2D eigenvalue weighted by molar-refractivity contribution is 5.99. The molecule has 2 aromatic heterocycles. The lowest BCUT2D eigenvalue weighted by molar-refractivity contribution is 0.376. The highest BCUT2D eigenvalue weighted by atomic mass is 15.5. The van der Waals surface area contributed by atoms with E-state index in [1.807, 2.05) is 12.4 Å². The summed E-state index contributed by atoms with van der Waals surface area (Å²) in [5.74, 6) is 2.85. The van der Waals surface area contributed by atoms with Crippen molar-refractivity contribution < 1.29 is 0 Å². The van der Waals surface area contributed by atoms with Crippen molar-refractivity contribution in [3.63, 3.8) is 0 Å². The van der Waals surface area contributed by atoms with Gasteiger partial charge >= 0.3 is 0 Å². The van der Waals surface area contributed by atoms with Gasteiger partial charge in [-0.05, 0) is 65.2 Å². The third kappa shape index (κ3) is 3.81. The van der Waals surface area contributed by atoms with E-state index in [1.54, 1.807) is 0 Å².